The van der Waals surface area contributed by atoms with E-state index >= 15 is 0 Å². The molecule has 1 rings (SSSR count). The molecule has 0 saturated carbocycles. The van der Waals surface area contributed by atoms with E-state index in [2.05, 4.69) is 18.7 Å². The van der Waals surface area contributed by atoms with Gasteiger partial charge in [0.15, 0.2) is 11.6 Å². The molecule has 0 bridgehead atoms. The largest absolute Gasteiger partial charge is 0.367 e. The lowest BCUT2D eigenvalue weighted by Gasteiger charge is -2.39. The van der Waals surface area contributed by atoms with Gasteiger partial charge >= 0.3 is 0 Å². The molecule has 1 atom stereocenters. The van der Waals surface area contributed by atoms with Crippen molar-refractivity contribution in [2.75, 3.05) is 13.1 Å². The van der Waals surface area contributed by atoms with Gasteiger partial charge in [-0.25, -0.2) is 0 Å². The Labute approximate surface area is 110 Å². The number of nitrogens with zero attached hydrogens (tertiary/aromatic N) is 1. The van der Waals surface area contributed by atoms with Gasteiger partial charge < -0.3 is 4.90 Å². The molecule has 3 heteroatoms. The summed E-state index contributed by atoms with van der Waals surface area (Å²) in [5.41, 5.74) is 1.60. The summed E-state index contributed by atoms with van der Waals surface area (Å²) >= 11 is 0. The summed E-state index contributed by atoms with van der Waals surface area (Å²) in [4.78, 5) is 25.9. The zero-order valence-corrected chi connectivity index (χ0v) is 12.3. The molecule has 1 saturated heterocycles. The molecule has 0 aromatic heterocycles. The van der Waals surface area contributed by atoms with Crippen molar-refractivity contribution >= 4 is 11.6 Å². The van der Waals surface area contributed by atoms with Crippen LogP contribution in [0, 0.1) is 5.41 Å². The Hall–Kier alpha value is -1.12. The Kier molecular flexibility index (Phi) is 4.71. The van der Waals surface area contributed by atoms with Gasteiger partial charge in [0, 0.05) is 29.7 Å². The number of allylic oxidation sites excluding steroid dienone is 2. The van der Waals surface area contributed by atoms with Crippen molar-refractivity contribution in [3.63, 3.8) is 0 Å². The van der Waals surface area contributed by atoms with Crippen LogP contribution in [0.4, 0.5) is 0 Å². The highest BCUT2D eigenvalue weighted by atomic mass is 16.1. The average molecular weight is 251 g/mol. The van der Waals surface area contributed by atoms with E-state index in [-0.39, 0.29) is 11.2 Å². The Morgan fingerprint density at radius 1 is 1.33 bits per heavy atom. The fourth-order valence-electron chi connectivity index (χ4n) is 2.33. The van der Waals surface area contributed by atoms with E-state index in [1.165, 1.54) is 0 Å². The van der Waals surface area contributed by atoms with Crippen LogP contribution in [0.2, 0.25) is 0 Å². The van der Waals surface area contributed by atoms with Crippen LogP contribution in [0.15, 0.2) is 11.3 Å². The van der Waals surface area contributed by atoms with Gasteiger partial charge in [-0.15, -0.1) is 0 Å². The molecule has 0 aromatic rings. The minimum absolute atomic E-state index is 0.167. The van der Waals surface area contributed by atoms with Gasteiger partial charge in [-0.1, -0.05) is 20.8 Å². The first-order chi connectivity index (χ1) is 8.35. The molecule has 1 fully saturated rings. The van der Waals surface area contributed by atoms with Gasteiger partial charge in [0.2, 0.25) is 0 Å². The smallest absolute Gasteiger partial charge is 0.160 e. The highest BCUT2D eigenvalue weighted by molar-refractivity contribution is 5.95. The normalized spacial score (nSPS) is 26.1. The topological polar surface area (TPSA) is 37.4 Å². The van der Waals surface area contributed by atoms with E-state index in [0.717, 1.165) is 30.7 Å². The molecule has 1 unspecified atom stereocenters. The summed E-state index contributed by atoms with van der Waals surface area (Å²) in [7, 11) is 0. The van der Waals surface area contributed by atoms with Crippen molar-refractivity contribution in [1.29, 1.82) is 0 Å². The summed E-state index contributed by atoms with van der Waals surface area (Å²) in [5, 5.41) is 0. The van der Waals surface area contributed by atoms with E-state index in [0.29, 0.717) is 18.7 Å². The van der Waals surface area contributed by atoms with Crippen LogP contribution >= 0.6 is 0 Å². The highest BCUT2D eigenvalue weighted by Gasteiger charge is 2.36. The van der Waals surface area contributed by atoms with Crippen molar-refractivity contribution in [3.8, 4) is 0 Å². The third-order valence-corrected chi connectivity index (χ3v) is 4.48. The predicted molar refractivity (Wildman–Crippen MR) is 73.3 cm³/mol. The minimum atomic E-state index is -0.167. The summed E-state index contributed by atoms with van der Waals surface area (Å²) in [6.07, 6.45) is 2.31. The lowest BCUT2D eigenvalue weighted by molar-refractivity contribution is -0.132. The third kappa shape index (κ3) is 2.82. The molecule has 0 aromatic carbocycles. The summed E-state index contributed by atoms with van der Waals surface area (Å²) in [6.45, 7) is 11.1. The summed E-state index contributed by atoms with van der Waals surface area (Å²) < 4.78 is 0. The van der Waals surface area contributed by atoms with Gasteiger partial charge in [0.1, 0.15) is 0 Å². The molecule has 18 heavy (non-hydrogen) atoms. The van der Waals surface area contributed by atoms with Crippen LogP contribution in [0.1, 0.15) is 53.9 Å². The Morgan fingerprint density at radius 3 is 2.39 bits per heavy atom. The zero-order valence-electron chi connectivity index (χ0n) is 12.3. The number of carbonyl (C=O) groups is 2. The number of ketones is 2. The standard InChI is InChI=1S/C15H25NO2/c1-6-13(17)11(3)12(4)16-9-8-15(5,7-2)14(18)10-16/h6-10H2,1-5H3/b12-11+. The molecule has 0 amide bonds. The Bertz CT molecular complexity index is 384. The first kappa shape index (κ1) is 14.9. The highest BCUT2D eigenvalue weighted by Crippen LogP contribution is 2.32. The van der Waals surface area contributed by atoms with Crippen LogP contribution in [0.5, 0.6) is 0 Å². The van der Waals surface area contributed by atoms with E-state index in [4.69, 9.17) is 0 Å². The van der Waals surface area contributed by atoms with Crippen molar-refractivity contribution in [3.05, 3.63) is 11.3 Å². The van der Waals surface area contributed by atoms with Gasteiger partial charge in [-0.05, 0) is 26.7 Å². The van der Waals surface area contributed by atoms with Crippen LogP contribution in [0.25, 0.3) is 0 Å². The number of piperidine rings is 1. The second-order valence-electron chi connectivity index (χ2n) is 5.50. The molecule has 0 radical (unpaired) electrons. The van der Waals surface area contributed by atoms with Gasteiger partial charge in [-0.2, -0.15) is 0 Å². The van der Waals surface area contributed by atoms with Crippen LogP contribution in [-0.2, 0) is 9.59 Å². The molecular formula is C15H25NO2. The lowest BCUT2D eigenvalue weighted by Crippen LogP contribution is -2.45. The number of carbonyl (C=O) groups excluding carboxylic acids is 2. The van der Waals surface area contributed by atoms with Gasteiger partial charge in [0.05, 0.1) is 6.54 Å². The number of hydrogen-bond acceptors (Lipinski definition) is 3. The first-order valence-electron chi connectivity index (χ1n) is 6.84. The first-order valence-corrected chi connectivity index (χ1v) is 6.84. The van der Waals surface area contributed by atoms with E-state index in [1.807, 2.05) is 20.8 Å². The molecule has 0 aliphatic carbocycles. The molecule has 0 N–H and O–H groups in total. The molecule has 1 aliphatic rings. The minimum Gasteiger partial charge on any atom is -0.367 e. The number of likely N-dealkylation sites (tertiary alicyclic amines) is 1. The Balaban J connectivity index is 2.84. The molecular weight excluding hydrogens is 226 g/mol. The number of hydrogen-bond donors (Lipinski definition) is 0. The summed E-state index contributed by atoms with van der Waals surface area (Å²) in [6, 6.07) is 0. The van der Waals surface area contributed by atoms with Gasteiger partial charge in [0.25, 0.3) is 0 Å². The molecule has 1 heterocycles. The predicted octanol–water partition coefficient (Wildman–Crippen LogP) is 2.95. The molecule has 3 nitrogen and oxygen atoms in total. The fourth-order valence-corrected chi connectivity index (χ4v) is 2.33. The van der Waals surface area contributed by atoms with Crippen molar-refractivity contribution in [2.45, 2.75) is 53.9 Å². The van der Waals surface area contributed by atoms with Crippen LogP contribution in [-0.4, -0.2) is 29.6 Å². The van der Waals surface area contributed by atoms with E-state index < -0.39 is 0 Å². The van der Waals surface area contributed by atoms with Crippen molar-refractivity contribution < 1.29 is 9.59 Å². The quantitative estimate of drug-likeness (QED) is 0.721. The fraction of sp³-hybridized carbons (Fsp3) is 0.733. The van der Waals surface area contributed by atoms with Crippen LogP contribution in [0.3, 0.4) is 0 Å². The van der Waals surface area contributed by atoms with E-state index in [1.54, 1.807) is 0 Å². The maximum atomic E-state index is 12.2. The molecule has 1 aliphatic heterocycles. The van der Waals surface area contributed by atoms with Crippen LogP contribution < -0.4 is 0 Å². The zero-order chi connectivity index (χ0) is 13.9. The molecule has 102 valence electrons. The average Bonchev–Trinajstić information content (AvgIpc) is 2.39. The monoisotopic (exact) mass is 251 g/mol. The van der Waals surface area contributed by atoms with Crippen molar-refractivity contribution in [2.24, 2.45) is 5.41 Å². The SMILES string of the molecule is CCC(=O)/C(C)=C(\C)N1CCC(C)(CC)C(=O)C1. The number of rotatable bonds is 4. The maximum absolute atomic E-state index is 12.2. The Morgan fingerprint density at radius 2 is 1.94 bits per heavy atom. The maximum Gasteiger partial charge on any atom is 0.160 e. The summed E-state index contributed by atoms with van der Waals surface area (Å²) in [5.74, 6) is 0.469. The van der Waals surface area contributed by atoms with E-state index in [9.17, 15) is 9.59 Å². The second-order valence-corrected chi connectivity index (χ2v) is 5.50. The lowest BCUT2D eigenvalue weighted by atomic mass is 9.77. The van der Waals surface area contributed by atoms with Gasteiger partial charge in [-0.3, -0.25) is 9.59 Å². The third-order valence-electron chi connectivity index (χ3n) is 4.48. The second kappa shape index (κ2) is 5.68. The van der Waals surface area contributed by atoms with Crippen molar-refractivity contribution in [1.82, 2.24) is 4.90 Å². The molecule has 0 spiro atoms. The number of Topliss-reactive ketones (excluding diaryl/α,β-unsaturated/α-hetero) is 2.